The molecule has 0 aliphatic carbocycles. The number of carbonyl (C=O) groups excluding carboxylic acids is 2. The van der Waals surface area contributed by atoms with E-state index in [1.807, 2.05) is 6.92 Å². The molecule has 0 heterocycles. The maximum Gasteiger partial charge on any atom is 0.255 e. The molecule has 0 aromatic carbocycles. The molecule has 0 rings (SSSR count). The Balaban J connectivity index is 3.63. The van der Waals surface area contributed by atoms with E-state index in [1.165, 1.54) is 77.0 Å². The van der Waals surface area contributed by atoms with Crippen LogP contribution in [0.25, 0.3) is 0 Å². The first kappa shape index (κ1) is 27.6. The highest BCUT2D eigenvalue weighted by Gasteiger charge is 2.27. The van der Waals surface area contributed by atoms with E-state index < -0.39 is 4.86 Å². The predicted molar refractivity (Wildman–Crippen MR) is 120 cm³/mol. The lowest BCUT2D eigenvalue weighted by Crippen LogP contribution is -2.66. The average Bonchev–Trinajstić information content (AvgIpc) is 2.70. The Labute approximate surface area is 178 Å². The van der Waals surface area contributed by atoms with Crippen LogP contribution in [0.1, 0.15) is 117 Å². The standard InChI is InChI=1S/C23H45N3O3/c1-3-5-6-7-8-9-10-11-12-13-14-15-16-17-18-19-20-23(4-2)26(29,24-21-27)25-22-28/h11-12,21-23H,3-10,13-20H2,1-2H3,(H,24,27)(H,25,28)/b12-11-. The predicted octanol–water partition coefficient (Wildman–Crippen LogP) is 5.83. The van der Waals surface area contributed by atoms with Crippen LogP contribution in [-0.4, -0.2) is 23.7 Å². The van der Waals surface area contributed by atoms with Crippen molar-refractivity contribution in [2.45, 2.75) is 123 Å². The van der Waals surface area contributed by atoms with Crippen LogP contribution < -0.4 is 10.9 Å². The van der Waals surface area contributed by atoms with E-state index in [0.717, 1.165) is 12.8 Å². The van der Waals surface area contributed by atoms with Crippen molar-refractivity contribution in [1.29, 1.82) is 0 Å². The molecule has 6 heteroatoms. The first-order chi connectivity index (χ1) is 14.1. The van der Waals surface area contributed by atoms with E-state index in [-0.39, 0.29) is 6.04 Å². The number of hydrogen-bond acceptors (Lipinski definition) is 3. The van der Waals surface area contributed by atoms with Crippen LogP contribution >= 0.6 is 0 Å². The molecule has 0 radical (unpaired) electrons. The molecule has 0 saturated heterocycles. The van der Waals surface area contributed by atoms with Gasteiger partial charge in [-0.25, -0.2) is 0 Å². The summed E-state index contributed by atoms with van der Waals surface area (Å²) in [4.78, 5) is 20.1. The van der Waals surface area contributed by atoms with Gasteiger partial charge in [0.1, 0.15) is 6.04 Å². The highest BCUT2D eigenvalue weighted by atomic mass is 16.6. The fourth-order valence-corrected chi connectivity index (χ4v) is 3.68. The molecule has 0 fully saturated rings. The molecule has 29 heavy (non-hydrogen) atoms. The SMILES string of the molecule is CCCCCCCC/C=C\CCCCCCCCC(CC)[N+]([O-])(NC=O)NC=O. The van der Waals surface area contributed by atoms with Crippen LogP contribution in [0.4, 0.5) is 0 Å². The molecule has 170 valence electrons. The number of rotatable bonds is 22. The quantitative estimate of drug-likeness (QED) is 0.0773. The Morgan fingerprint density at radius 1 is 0.724 bits per heavy atom. The van der Waals surface area contributed by atoms with Gasteiger partial charge in [-0.05, 0) is 32.1 Å². The third-order valence-electron chi connectivity index (χ3n) is 5.52. The number of nitrogens with zero attached hydrogens (tertiary/aromatic N) is 1. The molecule has 0 bridgehead atoms. The number of carbonyl (C=O) groups is 2. The second-order valence-electron chi connectivity index (χ2n) is 7.94. The van der Waals surface area contributed by atoms with E-state index in [9.17, 15) is 14.8 Å². The molecular weight excluding hydrogens is 366 g/mol. The third kappa shape index (κ3) is 15.1. The number of hydrogen-bond donors (Lipinski definition) is 2. The van der Waals surface area contributed by atoms with Gasteiger partial charge in [0.2, 0.25) is 0 Å². The Kier molecular flexibility index (Phi) is 18.9. The lowest BCUT2D eigenvalue weighted by atomic mass is 10.0. The van der Waals surface area contributed by atoms with Gasteiger partial charge in [0.15, 0.2) is 0 Å². The largest absolute Gasteiger partial charge is 0.580 e. The summed E-state index contributed by atoms with van der Waals surface area (Å²) in [6.45, 7) is 4.15. The summed E-state index contributed by atoms with van der Waals surface area (Å²) in [5.41, 5.74) is 4.34. The topological polar surface area (TPSA) is 81.3 Å². The molecule has 2 N–H and O–H groups in total. The van der Waals surface area contributed by atoms with Crippen molar-refractivity contribution in [2.75, 3.05) is 0 Å². The Bertz CT molecular complexity index is 406. The molecule has 0 spiro atoms. The second kappa shape index (κ2) is 19.9. The molecule has 0 saturated carbocycles. The summed E-state index contributed by atoms with van der Waals surface area (Å²) in [5, 5.41) is 12.5. The second-order valence-corrected chi connectivity index (χ2v) is 7.94. The zero-order chi connectivity index (χ0) is 21.6. The molecule has 1 atom stereocenters. The fraction of sp³-hybridized carbons (Fsp3) is 0.826. The van der Waals surface area contributed by atoms with Gasteiger partial charge in [0.25, 0.3) is 12.8 Å². The summed E-state index contributed by atoms with van der Waals surface area (Å²) in [7, 11) is 0. The van der Waals surface area contributed by atoms with Gasteiger partial charge in [-0.3, -0.25) is 9.59 Å². The van der Waals surface area contributed by atoms with Crippen molar-refractivity contribution >= 4 is 12.8 Å². The van der Waals surface area contributed by atoms with Crippen molar-refractivity contribution in [3.8, 4) is 0 Å². The van der Waals surface area contributed by atoms with E-state index in [1.54, 1.807) is 0 Å². The third-order valence-corrected chi connectivity index (χ3v) is 5.52. The van der Waals surface area contributed by atoms with Gasteiger partial charge in [-0.15, -0.1) is 0 Å². The lowest BCUT2D eigenvalue weighted by Gasteiger charge is -2.43. The van der Waals surface area contributed by atoms with E-state index >= 15 is 0 Å². The number of unbranched alkanes of at least 4 members (excludes halogenated alkanes) is 12. The first-order valence-electron chi connectivity index (χ1n) is 11.8. The van der Waals surface area contributed by atoms with Crippen molar-refractivity contribution in [3.63, 3.8) is 0 Å². The average molecular weight is 412 g/mol. The minimum absolute atomic E-state index is 0.341. The van der Waals surface area contributed by atoms with Crippen molar-refractivity contribution < 1.29 is 14.5 Å². The van der Waals surface area contributed by atoms with Gasteiger partial charge < -0.3 is 5.21 Å². The Morgan fingerprint density at radius 3 is 1.62 bits per heavy atom. The Morgan fingerprint density at radius 2 is 1.17 bits per heavy atom. The Hall–Kier alpha value is -1.40. The molecule has 0 aliphatic rings. The van der Waals surface area contributed by atoms with Crippen LogP contribution in [0.5, 0.6) is 0 Å². The van der Waals surface area contributed by atoms with Gasteiger partial charge in [0.05, 0.1) is 0 Å². The van der Waals surface area contributed by atoms with Crippen molar-refractivity contribution in [3.05, 3.63) is 17.4 Å². The van der Waals surface area contributed by atoms with Crippen molar-refractivity contribution in [2.24, 2.45) is 0 Å². The molecule has 6 nitrogen and oxygen atoms in total. The van der Waals surface area contributed by atoms with Crippen LogP contribution in [0, 0.1) is 5.21 Å². The molecule has 1 unspecified atom stereocenters. The van der Waals surface area contributed by atoms with Crippen molar-refractivity contribution in [1.82, 2.24) is 10.9 Å². The summed E-state index contributed by atoms with van der Waals surface area (Å²) in [6.07, 6.45) is 24.1. The van der Waals surface area contributed by atoms with E-state index in [0.29, 0.717) is 25.7 Å². The van der Waals surface area contributed by atoms with Crippen LogP contribution in [0.3, 0.4) is 0 Å². The molecular formula is C23H45N3O3. The monoisotopic (exact) mass is 411 g/mol. The normalized spacial score (nSPS) is 12.8. The van der Waals surface area contributed by atoms with E-state index in [2.05, 4.69) is 29.9 Å². The van der Waals surface area contributed by atoms with Crippen LogP contribution in [0.2, 0.25) is 0 Å². The highest BCUT2D eigenvalue weighted by molar-refractivity contribution is 5.46. The zero-order valence-corrected chi connectivity index (χ0v) is 18.9. The number of amides is 2. The summed E-state index contributed by atoms with van der Waals surface area (Å²) in [5.74, 6) is 0. The first-order valence-corrected chi connectivity index (χ1v) is 11.8. The smallest absolute Gasteiger partial charge is 0.255 e. The van der Waals surface area contributed by atoms with Crippen LogP contribution in [0.15, 0.2) is 12.2 Å². The molecule has 0 aromatic rings. The van der Waals surface area contributed by atoms with E-state index in [4.69, 9.17) is 0 Å². The summed E-state index contributed by atoms with van der Waals surface area (Å²) >= 11 is 0. The van der Waals surface area contributed by atoms with Gasteiger partial charge in [-0.2, -0.15) is 15.7 Å². The number of hydroxylamine groups is 1. The maximum absolute atomic E-state index is 12.5. The maximum atomic E-state index is 12.5. The van der Waals surface area contributed by atoms with Gasteiger partial charge in [0, 0.05) is 12.8 Å². The number of quaternary nitrogens is 1. The van der Waals surface area contributed by atoms with Gasteiger partial charge in [-0.1, -0.05) is 83.8 Å². The minimum Gasteiger partial charge on any atom is -0.580 e. The highest BCUT2D eigenvalue weighted by Crippen LogP contribution is 2.17. The fourth-order valence-electron chi connectivity index (χ4n) is 3.68. The number of allylic oxidation sites excluding steroid dienone is 2. The van der Waals surface area contributed by atoms with Crippen LogP contribution in [-0.2, 0) is 9.59 Å². The number of nitrogens with one attached hydrogen (secondary N) is 2. The molecule has 0 aliphatic heterocycles. The lowest BCUT2D eigenvalue weighted by molar-refractivity contribution is -0.970. The summed E-state index contributed by atoms with van der Waals surface area (Å²) in [6, 6.07) is -0.359. The molecule has 2 amide bonds. The summed E-state index contributed by atoms with van der Waals surface area (Å²) < 4.78 is 0. The van der Waals surface area contributed by atoms with Gasteiger partial charge >= 0.3 is 0 Å². The zero-order valence-electron chi connectivity index (χ0n) is 18.9. The molecule has 0 aromatic heterocycles. The minimum atomic E-state index is -1.17.